The Bertz CT molecular complexity index is 1290. The highest BCUT2D eigenvalue weighted by molar-refractivity contribution is 7.17. The zero-order chi connectivity index (χ0) is 22.7. The molecule has 0 aliphatic carbocycles. The molecule has 1 N–H and O–H groups in total. The minimum atomic E-state index is -0.718. The van der Waals surface area contributed by atoms with Crippen molar-refractivity contribution in [1.82, 2.24) is 19.7 Å². The van der Waals surface area contributed by atoms with Gasteiger partial charge in [-0.1, -0.05) is 49.4 Å². The summed E-state index contributed by atoms with van der Waals surface area (Å²) in [6, 6.07) is 7.46. The molecule has 0 aliphatic heterocycles. The number of hydrogen-bond acceptors (Lipinski definition) is 8. The first-order valence-electron chi connectivity index (χ1n) is 10.3. The summed E-state index contributed by atoms with van der Waals surface area (Å²) in [6.07, 6.45) is 2.83. The molecule has 3 aromatic heterocycles. The molecule has 1 aromatic carbocycles. The number of aryl methyl sites for hydroxylation is 1. The van der Waals surface area contributed by atoms with E-state index in [-0.39, 0.29) is 11.5 Å². The van der Waals surface area contributed by atoms with Crippen molar-refractivity contribution in [2.45, 2.75) is 39.3 Å². The molecule has 1 atom stereocenters. The highest BCUT2D eigenvalue weighted by Gasteiger charge is 2.24. The fraction of sp³-hybridized carbons (Fsp3) is 0.318. The molecule has 3 heterocycles. The van der Waals surface area contributed by atoms with Crippen molar-refractivity contribution in [3.63, 3.8) is 0 Å². The molecular formula is C22H23N5O3S2. The molecule has 0 aliphatic rings. The summed E-state index contributed by atoms with van der Waals surface area (Å²) >= 11 is 2.67. The first-order chi connectivity index (χ1) is 15.5. The Morgan fingerprint density at radius 3 is 2.69 bits per heavy atom. The van der Waals surface area contributed by atoms with E-state index < -0.39 is 6.04 Å². The fourth-order valence-corrected chi connectivity index (χ4v) is 5.10. The largest absolute Gasteiger partial charge is 0.377 e. The highest BCUT2D eigenvalue weighted by Crippen LogP contribution is 2.31. The molecule has 1 amide bonds. The summed E-state index contributed by atoms with van der Waals surface area (Å²) in [5, 5.41) is 14.2. The van der Waals surface area contributed by atoms with E-state index in [1.165, 1.54) is 39.1 Å². The predicted octanol–water partition coefficient (Wildman–Crippen LogP) is 4.28. The molecule has 8 nitrogen and oxygen atoms in total. The molecule has 0 spiro atoms. The van der Waals surface area contributed by atoms with Crippen LogP contribution in [0.3, 0.4) is 0 Å². The van der Waals surface area contributed by atoms with Crippen molar-refractivity contribution in [2.24, 2.45) is 0 Å². The van der Waals surface area contributed by atoms with Crippen LogP contribution in [0, 0.1) is 0 Å². The Morgan fingerprint density at radius 1 is 1.22 bits per heavy atom. The average molecular weight is 470 g/mol. The van der Waals surface area contributed by atoms with Gasteiger partial charge in [0, 0.05) is 18.1 Å². The second-order valence-corrected chi connectivity index (χ2v) is 9.10. The van der Waals surface area contributed by atoms with Gasteiger partial charge in [0.15, 0.2) is 0 Å². The predicted molar refractivity (Wildman–Crippen MR) is 127 cm³/mol. The average Bonchev–Trinajstić information content (AvgIpc) is 3.43. The fourth-order valence-electron chi connectivity index (χ4n) is 3.48. The van der Waals surface area contributed by atoms with Gasteiger partial charge >= 0.3 is 0 Å². The van der Waals surface area contributed by atoms with Crippen molar-refractivity contribution < 1.29 is 9.53 Å². The molecule has 0 saturated carbocycles. The SMILES string of the molecule is CCc1ccc(-c2csc3ncn(C(CC)C(=O)Nc4nnc(COC)s4)c(=O)c23)cc1. The summed E-state index contributed by atoms with van der Waals surface area (Å²) in [6.45, 7) is 4.29. The number of rotatable bonds is 8. The lowest BCUT2D eigenvalue weighted by Gasteiger charge is -2.16. The number of thiophene rings is 1. The quantitative estimate of drug-likeness (QED) is 0.414. The Balaban J connectivity index is 1.68. The number of anilines is 1. The lowest BCUT2D eigenvalue weighted by Crippen LogP contribution is -2.33. The van der Waals surface area contributed by atoms with E-state index in [1.807, 2.05) is 24.4 Å². The maximum atomic E-state index is 13.5. The minimum Gasteiger partial charge on any atom is -0.377 e. The highest BCUT2D eigenvalue weighted by atomic mass is 32.1. The molecule has 10 heteroatoms. The zero-order valence-electron chi connectivity index (χ0n) is 18.0. The molecular weight excluding hydrogens is 446 g/mol. The Labute approximate surface area is 192 Å². The number of carbonyl (C=O) groups is 1. The monoisotopic (exact) mass is 469 g/mol. The summed E-state index contributed by atoms with van der Waals surface area (Å²) in [5.41, 5.74) is 2.80. The van der Waals surface area contributed by atoms with Crippen LogP contribution in [-0.2, 0) is 22.6 Å². The van der Waals surface area contributed by atoms with Crippen LogP contribution in [0.5, 0.6) is 0 Å². The summed E-state index contributed by atoms with van der Waals surface area (Å²) in [4.78, 5) is 31.6. The van der Waals surface area contributed by atoms with Crippen molar-refractivity contribution in [3.8, 4) is 11.1 Å². The first-order valence-corrected chi connectivity index (χ1v) is 11.9. The lowest BCUT2D eigenvalue weighted by atomic mass is 10.0. The van der Waals surface area contributed by atoms with Crippen LogP contribution in [-0.4, -0.2) is 32.8 Å². The number of amides is 1. The van der Waals surface area contributed by atoms with Crippen LogP contribution in [0.4, 0.5) is 5.13 Å². The van der Waals surface area contributed by atoms with E-state index in [2.05, 4.69) is 39.6 Å². The normalized spacial score (nSPS) is 12.2. The van der Waals surface area contributed by atoms with Crippen molar-refractivity contribution in [3.05, 3.63) is 56.9 Å². The second kappa shape index (κ2) is 9.68. The van der Waals surface area contributed by atoms with Crippen LogP contribution >= 0.6 is 22.7 Å². The topological polar surface area (TPSA) is 99.0 Å². The smallest absolute Gasteiger partial charge is 0.263 e. The maximum Gasteiger partial charge on any atom is 0.263 e. The molecule has 0 fully saturated rings. The number of aromatic nitrogens is 4. The van der Waals surface area contributed by atoms with Crippen molar-refractivity contribution >= 4 is 43.9 Å². The number of nitrogens with zero attached hydrogens (tertiary/aromatic N) is 4. The van der Waals surface area contributed by atoms with Crippen LogP contribution < -0.4 is 10.9 Å². The third kappa shape index (κ3) is 4.34. The van der Waals surface area contributed by atoms with E-state index in [0.717, 1.165) is 17.5 Å². The number of hydrogen-bond donors (Lipinski definition) is 1. The third-order valence-corrected chi connectivity index (χ3v) is 6.88. The van der Waals surface area contributed by atoms with E-state index in [1.54, 1.807) is 7.11 Å². The zero-order valence-corrected chi connectivity index (χ0v) is 19.6. The summed E-state index contributed by atoms with van der Waals surface area (Å²) < 4.78 is 6.44. The number of methoxy groups -OCH3 is 1. The molecule has 0 radical (unpaired) electrons. The number of carbonyl (C=O) groups excluding carboxylic acids is 1. The molecule has 32 heavy (non-hydrogen) atoms. The van der Waals surface area contributed by atoms with Gasteiger partial charge in [0.1, 0.15) is 22.5 Å². The third-order valence-electron chi connectivity index (χ3n) is 5.18. The van der Waals surface area contributed by atoms with Crippen molar-refractivity contribution in [2.75, 3.05) is 12.4 Å². The van der Waals surface area contributed by atoms with E-state index in [9.17, 15) is 9.59 Å². The van der Waals surface area contributed by atoms with Gasteiger partial charge in [0.05, 0.1) is 11.7 Å². The van der Waals surface area contributed by atoms with Crippen LogP contribution in [0.25, 0.3) is 21.3 Å². The van der Waals surface area contributed by atoms with Crippen LogP contribution in [0.2, 0.25) is 0 Å². The van der Waals surface area contributed by atoms with Gasteiger partial charge in [-0.2, -0.15) is 0 Å². The number of nitrogens with one attached hydrogen (secondary N) is 1. The standard InChI is InChI=1S/C22H23N5O3S2/c1-4-13-6-8-14(9-7-13)15-11-31-20-18(15)21(29)27(12-23-20)16(5-2)19(28)24-22-26-25-17(32-22)10-30-3/h6-9,11-12,16H,4-5,10H2,1-3H3,(H,24,26,28). The van der Waals surface area contributed by atoms with Crippen LogP contribution in [0.1, 0.15) is 36.9 Å². The molecule has 166 valence electrons. The molecule has 4 rings (SSSR count). The lowest BCUT2D eigenvalue weighted by molar-refractivity contribution is -0.119. The first kappa shape index (κ1) is 22.3. The maximum absolute atomic E-state index is 13.5. The minimum absolute atomic E-state index is 0.231. The van der Waals surface area contributed by atoms with Crippen LogP contribution in [0.15, 0.2) is 40.8 Å². The van der Waals surface area contributed by atoms with Gasteiger partial charge in [0.25, 0.3) is 5.56 Å². The molecule has 1 unspecified atom stereocenters. The number of ether oxygens (including phenoxy) is 1. The van der Waals surface area contributed by atoms with E-state index in [4.69, 9.17) is 4.74 Å². The van der Waals surface area contributed by atoms with E-state index in [0.29, 0.717) is 33.4 Å². The summed E-state index contributed by atoms with van der Waals surface area (Å²) in [7, 11) is 1.57. The Hall–Kier alpha value is -2.95. The Morgan fingerprint density at radius 2 is 2.00 bits per heavy atom. The van der Waals surface area contributed by atoms with Gasteiger partial charge < -0.3 is 4.74 Å². The molecule has 0 bridgehead atoms. The Kier molecular flexibility index (Phi) is 6.73. The van der Waals surface area contributed by atoms with Gasteiger partial charge in [-0.25, -0.2) is 4.98 Å². The van der Waals surface area contributed by atoms with Gasteiger partial charge in [-0.15, -0.1) is 21.5 Å². The van der Waals surface area contributed by atoms with Crippen molar-refractivity contribution in [1.29, 1.82) is 0 Å². The number of fused-ring (bicyclic) bond motifs is 1. The molecule has 4 aromatic rings. The van der Waals surface area contributed by atoms with Gasteiger partial charge in [-0.05, 0) is 24.0 Å². The molecule has 0 saturated heterocycles. The van der Waals surface area contributed by atoms with Gasteiger partial charge in [0.2, 0.25) is 11.0 Å². The summed E-state index contributed by atoms with van der Waals surface area (Å²) in [5.74, 6) is -0.333. The second-order valence-electron chi connectivity index (χ2n) is 7.18. The van der Waals surface area contributed by atoms with Gasteiger partial charge in [-0.3, -0.25) is 19.5 Å². The number of benzene rings is 1. The van der Waals surface area contributed by atoms with E-state index >= 15 is 0 Å².